The minimum atomic E-state index is -1.10. The van der Waals surface area contributed by atoms with Crippen molar-refractivity contribution in [3.63, 3.8) is 0 Å². The number of anilines is 2. The number of carboxylic acids is 1. The number of carbonyl (C=O) groups excluding carboxylic acids is 3. The fourth-order valence-corrected chi connectivity index (χ4v) is 2.84. The molecule has 178 valence electrons. The zero-order valence-corrected chi connectivity index (χ0v) is 18.8. The Labute approximate surface area is 204 Å². The van der Waals surface area contributed by atoms with Crippen LogP contribution in [0.1, 0.15) is 15.9 Å². The highest BCUT2D eigenvalue weighted by Gasteiger charge is 2.17. The van der Waals surface area contributed by atoms with Crippen LogP contribution in [0.3, 0.4) is 0 Å². The van der Waals surface area contributed by atoms with Crippen LogP contribution >= 0.6 is 11.6 Å². The Morgan fingerprint density at radius 2 is 1.57 bits per heavy atom. The summed E-state index contributed by atoms with van der Waals surface area (Å²) in [5.74, 6) is -3.30. The lowest BCUT2D eigenvalue weighted by Gasteiger charge is -2.11. The van der Waals surface area contributed by atoms with E-state index in [0.717, 1.165) is 0 Å². The monoisotopic (exact) mass is 494 g/mol. The summed E-state index contributed by atoms with van der Waals surface area (Å²) in [5.41, 5.74) is 3.46. The van der Waals surface area contributed by atoms with Gasteiger partial charge in [0.05, 0.1) is 17.5 Å². The normalized spacial score (nSPS) is 10.4. The number of hydrogen-bond donors (Lipinski definition) is 4. The standard InChI is InChI=1S/C24H19ClN4O6/c25-16-7-9-17(10-8-16)27-22(32)19-3-1-2-4-20(19)28-23(33)24(34)29-26-13-15-5-11-18(12-6-15)35-14-21(30)31/h1-13H,14H2,(H,27,32)(H,28,33)(H,29,34)(H,30,31)/b26-13-. The topological polar surface area (TPSA) is 146 Å². The van der Waals surface area contributed by atoms with E-state index in [4.69, 9.17) is 21.4 Å². The van der Waals surface area contributed by atoms with Crippen molar-refractivity contribution in [2.45, 2.75) is 0 Å². The molecule has 0 spiro atoms. The molecule has 0 radical (unpaired) electrons. The zero-order valence-electron chi connectivity index (χ0n) is 18.0. The van der Waals surface area contributed by atoms with Crippen molar-refractivity contribution in [2.75, 3.05) is 17.2 Å². The molecule has 4 N–H and O–H groups in total. The molecule has 10 nitrogen and oxygen atoms in total. The molecule has 0 bridgehead atoms. The van der Waals surface area contributed by atoms with Gasteiger partial charge in [0.25, 0.3) is 5.91 Å². The van der Waals surface area contributed by atoms with Crippen LogP contribution < -0.4 is 20.8 Å². The van der Waals surface area contributed by atoms with Crippen LogP contribution in [0.15, 0.2) is 77.9 Å². The Kier molecular flexibility index (Phi) is 8.52. The van der Waals surface area contributed by atoms with Crippen molar-refractivity contribution in [1.29, 1.82) is 0 Å². The number of halogens is 1. The van der Waals surface area contributed by atoms with Gasteiger partial charge in [-0.3, -0.25) is 14.4 Å². The SMILES string of the molecule is O=C(O)COc1ccc(/C=N\NC(=O)C(=O)Nc2ccccc2C(=O)Nc2ccc(Cl)cc2)cc1. The van der Waals surface area contributed by atoms with E-state index in [1.54, 1.807) is 48.5 Å². The smallest absolute Gasteiger partial charge is 0.341 e. The first-order chi connectivity index (χ1) is 16.8. The minimum Gasteiger partial charge on any atom is -0.482 e. The molecule has 3 rings (SSSR count). The van der Waals surface area contributed by atoms with E-state index in [2.05, 4.69) is 21.2 Å². The third kappa shape index (κ3) is 7.69. The number of amides is 3. The molecule has 3 aromatic carbocycles. The fraction of sp³-hybridized carbons (Fsp3) is 0.0417. The lowest BCUT2D eigenvalue weighted by molar-refractivity contribution is -0.139. The van der Waals surface area contributed by atoms with Gasteiger partial charge in [0.15, 0.2) is 6.61 Å². The lowest BCUT2D eigenvalue weighted by atomic mass is 10.1. The number of benzene rings is 3. The third-order valence-electron chi connectivity index (χ3n) is 4.35. The molecule has 3 aromatic rings. The largest absolute Gasteiger partial charge is 0.482 e. The average Bonchev–Trinajstić information content (AvgIpc) is 2.85. The van der Waals surface area contributed by atoms with Gasteiger partial charge in [0.2, 0.25) is 0 Å². The number of rotatable bonds is 8. The maximum atomic E-state index is 12.6. The molecule has 0 saturated heterocycles. The second-order valence-electron chi connectivity index (χ2n) is 6.91. The van der Waals surface area contributed by atoms with Crippen molar-refractivity contribution in [2.24, 2.45) is 5.10 Å². The van der Waals surface area contributed by atoms with E-state index in [1.165, 1.54) is 30.5 Å². The van der Waals surface area contributed by atoms with Crippen molar-refractivity contribution in [3.05, 3.63) is 88.9 Å². The van der Waals surface area contributed by atoms with Crippen LogP contribution in [0.25, 0.3) is 0 Å². The quantitative estimate of drug-likeness (QED) is 0.215. The second-order valence-corrected chi connectivity index (χ2v) is 7.35. The summed E-state index contributed by atoms with van der Waals surface area (Å²) in [7, 11) is 0. The molecule has 0 unspecified atom stereocenters. The van der Waals surface area contributed by atoms with Gasteiger partial charge < -0.3 is 20.5 Å². The average molecular weight is 495 g/mol. The highest BCUT2D eigenvalue weighted by molar-refractivity contribution is 6.40. The van der Waals surface area contributed by atoms with Crippen LogP contribution in [0.5, 0.6) is 5.75 Å². The number of aliphatic carboxylic acids is 1. The van der Waals surface area contributed by atoms with Gasteiger partial charge in [-0.1, -0.05) is 23.7 Å². The van der Waals surface area contributed by atoms with Gasteiger partial charge in [-0.05, 0) is 66.2 Å². The van der Waals surface area contributed by atoms with Crippen molar-refractivity contribution in [1.82, 2.24) is 5.43 Å². The number of carboxylic acid groups (broad SMARTS) is 1. The molecular weight excluding hydrogens is 476 g/mol. The molecule has 0 aliphatic heterocycles. The highest BCUT2D eigenvalue weighted by Crippen LogP contribution is 2.19. The predicted octanol–water partition coefficient (Wildman–Crippen LogP) is 3.14. The maximum absolute atomic E-state index is 12.6. The molecule has 0 saturated carbocycles. The van der Waals surface area contributed by atoms with Crippen molar-refractivity contribution < 1.29 is 29.0 Å². The van der Waals surface area contributed by atoms with E-state index in [-0.39, 0.29) is 11.3 Å². The van der Waals surface area contributed by atoms with E-state index in [0.29, 0.717) is 22.0 Å². The Morgan fingerprint density at radius 1 is 0.886 bits per heavy atom. The second kappa shape index (κ2) is 12.0. The molecule has 3 amide bonds. The van der Waals surface area contributed by atoms with E-state index in [1.807, 2.05) is 0 Å². The van der Waals surface area contributed by atoms with Crippen molar-refractivity contribution >= 4 is 52.9 Å². The summed E-state index contributed by atoms with van der Waals surface area (Å²) in [6, 6.07) is 18.9. The molecule has 0 aliphatic rings. The van der Waals surface area contributed by atoms with E-state index >= 15 is 0 Å². The summed E-state index contributed by atoms with van der Waals surface area (Å²) in [5, 5.41) is 17.9. The van der Waals surface area contributed by atoms with Crippen LogP contribution in [0.2, 0.25) is 5.02 Å². The van der Waals surface area contributed by atoms with Crippen molar-refractivity contribution in [3.8, 4) is 5.75 Å². The van der Waals surface area contributed by atoms with Gasteiger partial charge in [-0.2, -0.15) is 5.10 Å². The number of ether oxygens (including phenoxy) is 1. The number of hydrogen-bond acceptors (Lipinski definition) is 6. The van der Waals surface area contributed by atoms with E-state index < -0.39 is 30.3 Å². The third-order valence-corrected chi connectivity index (χ3v) is 4.60. The number of hydrazone groups is 1. The van der Waals surface area contributed by atoms with Gasteiger partial charge in [0, 0.05) is 10.7 Å². The Hall–Kier alpha value is -4.70. The van der Waals surface area contributed by atoms with Gasteiger partial charge in [-0.25, -0.2) is 10.2 Å². The predicted molar refractivity (Wildman–Crippen MR) is 130 cm³/mol. The molecule has 0 atom stereocenters. The molecule has 0 fully saturated rings. The summed E-state index contributed by atoms with van der Waals surface area (Å²) >= 11 is 5.84. The first kappa shape index (κ1) is 24.9. The molecule has 0 heterocycles. The molecule has 0 aliphatic carbocycles. The number of para-hydroxylation sites is 1. The highest BCUT2D eigenvalue weighted by atomic mass is 35.5. The first-order valence-electron chi connectivity index (χ1n) is 10.1. The summed E-state index contributed by atoms with van der Waals surface area (Å²) in [6.07, 6.45) is 1.29. The van der Waals surface area contributed by atoms with Crippen LogP contribution in [-0.4, -0.2) is 41.6 Å². The Bertz CT molecular complexity index is 1260. The molecular formula is C24H19ClN4O6. The summed E-state index contributed by atoms with van der Waals surface area (Å²) in [6.45, 7) is -0.468. The summed E-state index contributed by atoms with van der Waals surface area (Å²) in [4.78, 5) is 47.6. The number of nitrogens with zero attached hydrogens (tertiary/aromatic N) is 1. The molecule has 11 heteroatoms. The molecule has 0 aromatic heterocycles. The fourth-order valence-electron chi connectivity index (χ4n) is 2.71. The Balaban J connectivity index is 1.56. The summed E-state index contributed by atoms with van der Waals surface area (Å²) < 4.78 is 5.02. The van der Waals surface area contributed by atoms with Gasteiger partial charge in [0.1, 0.15) is 5.75 Å². The first-order valence-corrected chi connectivity index (χ1v) is 10.4. The minimum absolute atomic E-state index is 0.139. The zero-order chi connectivity index (χ0) is 25.2. The number of carbonyl (C=O) groups is 4. The Morgan fingerprint density at radius 3 is 2.26 bits per heavy atom. The van der Waals surface area contributed by atoms with Crippen LogP contribution in [-0.2, 0) is 14.4 Å². The lowest BCUT2D eigenvalue weighted by Crippen LogP contribution is -2.33. The van der Waals surface area contributed by atoms with Crippen LogP contribution in [0, 0.1) is 0 Å². The van der Waals surface area contributed by atoms with Gasteiger partial charge in [-0.15, -0.1) is 0 Å². The maximum Gasteiger partial charge on any atom is 0.341 e. The number of nitrogens with one attached hydrogen (secondary N) is 3. The molecule has 35 heavy (non-hydrogen) atoms. The van der Waals surface area contributed by atoms with Crippen LogP contribution in [0.4, 0.5) is 11.4 Å². The van der Waals surface area contributed by atoms with Gasteiger partial charge >= 0.3 is 17.8 Å². The van der Waals surface area contributed by atoms with E-state index in [9.17, 15) is 19.2 Å².